The van der Waals surface area contributed by atoms with Crippen molar-refractivity contribution in [3.8, 4) is 0 Å². The molecule has 4 heteroatoms. The molecule has 1 saturated heterocycles. The fourth-order valence-corrected chi connectivity index (χ4v) is 3.82. The van der Waals surface area contributed by atoms with Crippen LogP contribution in [0.1, 0.15) is 33.6 Å². The minimum Gasteiger partial charge on any atom is -0.367 e. The summed E-state index contributed by atoms with van der Waals surface area (Å²) >= 11 is 9.88. The van der Waals surface area contributed by atoms with E-state index in [1.165, 1.54) is 12.8 Å². The van der Waals surface area contributed by atoms with Crippen molar-refractivity contribution in [2.75, 3.05) is 18.0 Å². The van der Waals surface area contributed by atoms with Crippen molar-refractivity contribution in [2.45, 2.75) is 45.7 Å². The first-order valence-corrected chi connectivity index (χ1v) is 8.66. The Bertz CT molecular complexity index is 452. The Kier molecular flexibility index (Phi) is 5.76. The molecule has 20 heavy (non-hydrogen) atoms. The number of halogens is 2. The van der Waals surface area contributed by atoms with Gasteiger partial charge in [0.2, 0.25) is 0 Å². The Labute approximate surface area is 136 Å². The van der Waals surface area contributed by atoms with Crippen molar-refractivity contribution in [1.82, 2.24) is 5.32 Å². The molecule has 0 aromatic heterocycles. The van der Waals surface area contributed by atoms with Crippen molar-refractivity contribution in [3.63, 3.8) is 0 Å². The highest BCUT2D eigenvalue weighted by Gasteiger charge is 2.32. The zero-order chi connectivity index (χ0) is 14.7. The first kappa shape index (κ1) is 16.1. The van der Waals surface area contributed by atoms with Gasteiger partial charge in [0.05, 0.1) is 10.7 Å². The first-order chi connectivity index (χ1) is 9.54. The van der Waals surface area contributed by atoms with E-state index in [2.05, 4.69) is 59.1 Å². The number of piperidine rings is 1. The number of benzene rings is 1. The first-order valence-electron chi connectivity index (χ1n) is 7.49. The minimum absolute atomic E-state index is 0.497. The highest BCUT2D eigenvalue weighted by molar-refractivity contribution is 9.10. The van der Waals surface area contributed by atoms with Crippen LogP contribution in [0.5, 0.6) is 0 Å². The second-order valence-electron chi connectivity index (χ2n) is 5.74. The molecule has 112 valence electrons. The number of nitrogens with one attached hydrogen (secondary N) is 1. The summed E-state index contributed by atoms with van der Waals surface area (Å²) in [6, 6.07) is 7.29. The van der Waals surface area contributed by atoms with Gasteiger partial charge in [0, 0.05) is 23.1 Å². The molecule has 1 aromatic carbocycles. The number of anilines is 1. The molecule has 3 unspecified atom stereocenters. The van der Waals surface area contributed by atoms with Crippen molar-refractivity contribution in [2.24, 2.45) is 5.92 Å². The lowest BCUT2D eigenvalue weighted by molar-refractivity contribution is 0.271. The average Bonchev–Trinajstić information content (AvgIpc) is 2.41. The molecule has 0 spiro atoms. The van der Waals surface area contributed by atoms with Crippen LogP contribution >= 0.6 is 27.5 Å². The van der Waals surface area contributed by atoms with Crippen LogP contribution in [0.2, 0.25) is 5.02 Å². The summed E-state index contributed by atoms with van der Waals surface area (Å²) in [5.74, 6) is 0.620. The molecule has 0 aliphatic carbocycles. The zero-order valence-electron chi connectivity index (χ0n) is 12.5. The van der Waals surface area contributed by atoms with Crippen molar-refractivity contribution in [3.05, 3.63) is 27.7 Å². The second kappa shape index (κ2) is 7.15. The summed E-state index contributed by atoms with van der Waals surface area (Å²) in [7, 11) is 0. The molecule has 1 aliphatic rings. The molecule has 1 N–H and O–H groups in total. The van der Waals surface area contributed by atoms with Gasteiger partial charge in [-0.05, 0) is 50.4 Å². The van der Waals surface area contributed by atoms with E-state index in [1.54, 1.807) is 0 Å². The predicted molar refractivity (Wildman–Crippen MR) is 91.8 cm³/mol. The van der Waals surface area contributed by atoms with Crippen LogP contribution < -0.4 is 10.2 Å². The number of hydrogen-bond acceptors (Lipinski definition) is 2. The Balaban J connectivity index is 2.11. The number of hydrogen-bond donors (Lipinski definition) is 1. The van der Waals surface area contributed by atoms with E-state index in [4.69, 9.17) is 11.6 Å². The second-order valence-corrected chi connectivity index (χ2v) is 7.06. The smallest absolute Gasteiger partial charge is 0.0650 e. The Morgan fingerprint density at radius 2 is 2.15 bits per heavy atom. The summed E-state index contributed by atoms with van der Waals surface area (Å²) in [6.07, 6.45) is 2.37. The highest BCUT2D eigenvalue weighted by Crippen LogP contribution is 2.34. The van der Waals surface area contributed by atoms with E-state index >= 15 is 0 Å². The van der Waals surface area contributed by atoms with Crippen LogP contribution in [-0.2, 0) is 0 Å². The van der Waals surface area contributed by atoms with E-state index in [9.17, 15) is 0 Å². The van der Waals surface area contributed by atoms with E-state index in [0.29, 0.717) is 18.0 Å². The number of nitrogens with zero attached hydrogens (tertiary/aromatic N) is 1. The van der Waals surface area contributed by atoms with Crippen LogP contribution in [-0.4, -0.2) is 25.2 Å². The van der Waals surface area contributed by atoms with E-state index in [1.807, 2.05) is 6.07 Å². The van der Waals surface area contributed by atoms with Crippen LogP contribution in [0.15, 0.2) is 22.7 Å². The molecule has 2 nitrogen and oxygen atoms in total. The molecule has 0 radical (unpaired) electrons. The maximum absolute atomic E-state index is 6.41. The van der Waals surface area contributed by atoms with Crippen molar-refractivity contribution in [1.29, 1.82) is 0 Å². The molecule has 1 aliphatic heterocycles. The summed E-state index contributed by atoms with van der Waals surface area (Å²) in [5.41, 5.74) is 1.16. The molecule has 0 amide bonds. The Morgan fingerprint density at radius 3 is 2.80 bits per heavy atom. The summed E-state index contributed by atoms with van der Waals surface area (Å²) in [6.45, 7) is 9.05. The van der Waals surface area contributed by atoms with Crippen LogP contribution in [0, 0.1) is 5.92 Å². The van der Waals surface area contributed by atoms with Gasteiger partial charge in [-0.3, -0.25) is 0 Å². The van der Waals surface area contributed by atoms with Gasteiger partial charge in [-0.15, -0.1) is 0 Å². The SMILES string of the molecule is CCCNC1CCN(c2ccc(Br)cc2Cl)C(C)C1C. The molecule has 0 bridgehead atoms. The molecular weight excluding hydrogens is 336 g/mol. The zero-order valence-corrected chi connectivity index (χ0v) is 14.8. The topological polar surface area (TPSA) is 15.3 Å². The van der Waals surface area contributed by atoms with Gasteiger partial charge in [0.1, 0.15) is 0 Å². The normalized spacial score (nSPS) is 26.9. The Morgan fingerprint density at radius 1 is 1.40 bits per heavy atom. The minimum atomic E-state index is 0.497. The molecule has 1 aromatic rings. The lowest BCUT2D eigenvalue weighted by Gasteiger charge is -2.44. The Hall–Kier alpha value is -0.250. The van der Waals surface area contributed by atoms with Crippen LogP contribution in [0.3, 0.4) is 0 Å². The molecule has 2 rings (SSSR count). The van der Waals surface area contributed by atoms with E-state index in [-0.39, 0.29) is 0 Å². The van der Waals surface area contributed by atoms with Gasteiger partial charge in [-0.2, -0.15) is 0 Å². The quantitative estimate of drug-likeness (QED) is 0.838. The largest absolute Gasteiger partial charge is 0.367 e. The predicted octanol–water partition coefficient (Wildman–Crippen LogP) is 4.71. The lowest BCUT2D eigenvalue weighted by atomic mass is 9.86. The maximum atomic E-state index is 6.41. The van der Waals surface area contributed by atoms with Gasteiger partial charge >= 0.3 is 0 Å². The third-order valence-electron chi connectivity index (χ3n) is 4.44. The number of rotatable bonds is 4. The average molecular weight is 360 g/mol. The van der Waals surface area contributed by atoms with Crippen molar-refractivity contribution < 1.29 is 0 Å². The summed E-state index contributed by atoms with van der Waals surface area (Å²) < 4.78 is 1.03. The van der Waals surface area contributed by atoms with Gasteiger partial charge in [-0.1, -0.05) is 41.4 Å². The third kappa shape index (κ3) is 3.49. The third-order valence-corrected chi connectivity index (χ3v) is 5.24. The van der Waals surface area contributed by atoms with Gasteiger partial charge < -0.3 is 10.2 Å². The highest BCUT2D eigenvalue weighted by atomic mass is 79.9. The summed E-state index contributed by atoms with van der Waals surface area (Å²) in [5, 5.41) is 4.51. The molecule has 1 fully saturated rings. The van der Waals surface area contributed by atoms with E-state index < -0.39 is 0 Å². The van der Waals surface area contributed by atoms with Gasteiger partial charge in [-0.25, -0.2) is 0 Å². The lowest BCUT2D eigenvalue weighted by Crippen LogP contribution is -2.53. The standard InChI is InChI=1S/C16H24BrClN2/c1-4-8-19-15-7-9-20(12(3)11(15)2)16-6-5-13(17)10-14(16)18/h5-6,10-12,15,19H,4,7-9H2,1-3H3. The molecular formula is C16H24BrClN2. The molecule has 0 saturated carbocycles. The fraction of sp³-hybridized carbons (Fsp3) is 0.625. The van der Waals surface area contributed by atoms with Gasteiger partial charge in [0.15, 0.2) is 0 Å². The fourth-order valence-electron chi connectivity index (χ4n) is 3.04. The van der Waals surface area contributed by atoms with Crippen molar-refractivity contribution >= 4 is 33.2 Å². The summed E-state index contributed by atoms with van der Waals surface area (Å²) in [4.78, 5) is 2.45. The molecule has 3 atom stereocenters. The van der Waals surface area contributed by atoms with Gasteiger partial charge in [0.25, 0.3) is 0 Å². The maximum Gasteiger partial charge on any atom is 0.0650 e. The van der Waals surface area contributed by atoms with Crippen LogP contribution in [0.4, 0.5) is 5.69 Å². The monoisotopic (exact) mass is 358 g/mol. The molecule has 1 heterocycles. The van der Waals surface area contributed by atoms with Crippen LogP contribution in [0.25, 0.3) is 0 Å². The van der Waals surface area contributed by atoms with E-state index in [0.717, 1.165) is 28.3 Å².